The van der Waals surface area contributed by atoms with Gasteiger partial charge in [0.25, 0.3) is 0 Å². The highest BCUT2D eigenvalue weighted by Gasteiger charge is 2.39. The van der Waals surface area contributed by atoms with Crippen LogP contribution in [0.25, 0.3) is 0 Å². The largest absolute Gasteiger partial charge is 0.378 e. The number of ether oxygens (including phenoxy) is 1. The van der Waals surface area contributed by atoms with Crippen molar-refractivity contribution in [3.8, 4) is 0 Å². The molecule has 2 rings (SSSR count). The number of rotatable bonds is 2. The predicted molar refractivity (Wildman–Crippen MR) is 55.1 cm³/mol. The van der Waals surface area contributed by atoms with E-state index in [0.29, 0.717) is 5.95 Å². The third-order valence-corrected chi connectivity index (χ3v) is 4.32. The molecule has 2 heterocycles. The summed E-state index contributed by atoms with van der Waals surface area (Å²) in [6, 6.07) is -0.262. The summed E-state index contributed by atoms with van der Waals surface area (Å²) >= 11 is 0. The van der Waals surface area contributed by atoms with E-state index in [-0.39, 0.29) is 23.7 Å². The van der Waals surface area contributed by atoms with Gasteiger partial charge in [0.1, 0.15) is 0 Å². The van der Waals surface area contributed by atoms with Crippen molar-refractivity contribution in [1.29, 1.82) is 0 Å². The van der Waals surface area contributed by atoms with Gasteiger partial charge >= 0.3 is 0 Å². The molecule has 7 heteroatoms. The maximum Gasteiger partial charge on any atom is 0.200 e. The van der Waals surface area contributed by atoms with Crippen molar-refractivity contribution in [3.63, 3.8) is 0 Å². The Kier molecular flexibility index (Phi) is 2.43. The fraction of sp³-hybridized carbons (Fsp3) is 0.625. The monoisotopic (exact) mass is 231 g/mol. The first-order valence-electron chi connectivity index (χ1n) is 4.55. The smallest absolute Gasteiger partial charge is 0.200 e. The molecule has 84 valence electrons. The topological polar surface area (TPSA) is 87.2 Å². The van der Waals surface area contributed by atoms with Crippen LogP contribution >= 0.6 is 0 Å². The van der Waals surface area contributed by atoms with Crippen LogP contribution in [0.4, 0.5) is 5.95 Å². The second-order valence-electron chi connectivity index (χ2n) is 3.61. The molecule has 0 amide bonds. The molecular weight excluding hydrogens is 218 g/mol. The lowest BCUT2D eigenvalue weighted by Gasteiger charge is -2.18. The van der Waals surface area contributed by atoms with Gasteiger partial charge in [-0.2, -0.15) is 0 Å². The molecule has 0 spiro atoms. The number of sulfone groups is 1. The van der Waals surface area contributed by atoms with Gasteiger partial charge in [-0.3, -0.25) is 0 Å². The first kappa shape index (κ1) is 10.4. The lowest BCUT2D eigenvalue weighted by molar-refractivity contribution is 0.0894. The van der Waals surface area contributed by atoms with E-state index in [9.17, 15) is 8.42 Å². The Morgan fingerprint density at radius 2 is 2.33 bits per heavy atom. The van der Waals surface area contributed by atoms with Crippen LogP contribution in [0, 0.1) is 0 Å². The SMILES string of the molecule is COC1CS(=O)(=O)CC1n1ccnc1N. The molecule has 2 N–H and O–H groups in total. The van der Waals surface area contributed by atoms with Gasteiger partial charge in [0.15, 0.2) is 15.8 Å². The summed E-state index contributed by atoms with van der Waals surface area (Å²) in [5, 5.41) is 0. The average molecular weight is 231 g/mol. The van der Waals surface area contributed by atoms with Crippen molar-refractivity contribution in [1.82, 2.24) is 9.55 Å². The number of methoxy groups -OCH3 is 1. The van der Waals surface area contributed by atoms with Crippen molar-refractivity contribution in [2.75, 3.05) is 24.3 Å². The van der Waals surface area contributed by atoms with Gasteiger partial charge in [0, 0.05) is 19.5 Å². The number of nitrogens with two attached hydrogens (primary N) is 1. The quantitative estimate of drug-likeness (QED) is 0.738. The summed E-state index contributed by atoms with van der Waals surface area (Å²) in [7, 11) is -1.52. The van der Waals surface area contributed by atoms with Crippen LogP contribution in [-0.4, -0.2) is 42.7 Å². The second kappa shape index (κ2) is 3.49. The standard InChI is InChI=1S/C8H13N3O3S/c1-14-7-5-15(12,13)4-6(7)11-3-2-10-8(11)9/h2-3,6-7H,4-5H2,1H3,(H2,9,10). The minimum absolute atomic E-state index is 0.0474. The van der Waals surface area contributed by atoms with E-state index >= 15 is 0 Å². The van der Waals surface area contributed by atoms with Crippen molar-refractivity contribution in [2.45, 2.75) is 12.1 Å². The Hall–Kier alpha value is -1.08. The van der Waals surface area contributed by atoms with Crippen molar-refractivity contribution < 1.29 is 13.2 Å². The molecule has 0 saturated carbocycles. The van der Waals surface area contributed by atoms with E-state index in [1.807, 2.05) is 0 Å². The molecule has 2 unspecified atom stereocenters. The Balaban J connectivity index is 2.34. The van der Waals surface area contributed by atoms with Gasteiger partial charge in [-0.25, -0.2) is 13.4 Å². The average Bonchev–Trinajstić information content (AvgIpc) is 2.68. The number of nitrogen functional groups attached to an aromatic ring is 1. The second-order valence-corrected chi connectivity index (χ2v) is 5.76. The van der Waals surface area contributed by atoms with Crippen molar-refractivity contribution >= 4 is 15.8 Å². The molecule has 1 fully saturated rings. The minimum Gasteiger partial charge on any atom is -0.378 e. The molecule has 0 aliphatic carbocycles. The highest BCUT2D eigenvalue weighted by atomic mass is 32.2. The summed E-state index contributed by atoms with van der Waals surface area (Å²) in [5.41, 5.74) is 5.63. The number of hydrogen-bond acceptors (Lipinski definition) is 5. The number of aromatic nitrogens is 2. The molecule has 1 aliphatic heterocycles. The molecule has 0 aromatic carbocycles. The van der Waals surface area contributed by atoms with Crippen LogP contribution in [0.1, 0.15) is 6.04 Å². The molecule has 6 nitrogen and oxygen atoms in total. The van der Waals surface area contributed by atoms with E-state index in [4.69, 9.17) is 10.5 Å². The Morgan fingerprint density at radius 1 is 1.60 bits per heavy atom. The van der Waals surface area contributed by atoms with Gasteiger partial charge in [0.2, 0.25) is 0 Å². The normalized spacial score (nSPS) is 29.4. The first-order chi connectivity index (χ1) is 7.03. The third kappa shape index (κ3) is 1.84. The van der Waals surface area contributed by atoms with Gasteiger partial charge in [-0.15, -0.1) is 0 Å². The molecule has 1 saturated heterocycles. The highest BCUT2D eigenvalue weighted by Crippen LogP contribution is 2.27. The summed E-state index contributed by atoms with van der Waals surface area (Å²) in [4.78, 5) is 3.87. The zero-order valence-electron chi connectivity index (χ0n) is 8.33. The van der Waals surface area contributed by atoms with Crippen LogP contribution < -0.4 is 5.73 Å². The maximum atomic E-state index is 11.5. The minimum atomic E-state index is -3.03. The molecule has 2 atom stereocenters. The molecule has 0 bridgehead atoms. The van der Waals surface area contributed by atoms with E-state index in [1.165, 1.54) is 7.11 Å². The predicted octanol–water partition coefficient (Wildman–Crippen LogP) is -0.550. The summed E-state index contributed by atoms with van der Waals surface area (Å²) in [6.07, 6.45) is 2.88. The summed E-state index contributed by atoms with van der Waals surface area (Å²) in [5.74, 6) is 0.428. The Bertz CT molecular complexity index is 453. The van der Waals surface area contributed by atoms with Gasteiger partial charge in [-0.1, -0.05) is 0 Å². The molecule has 15 heavy (non-hydrogen) atoms. The molecular formula is C8H13N3O3S. The highest BCUT2D eigenvalue weighted by molar-refractivity contribution is 7.91. The van der Waals surface area contributed by atoms with E-state index in [1.54, 1.807) is 17.0 Å². The molecule has 0 radical (unpaired) electrons. The van der Waals surface area contributed by atoms with Crippen LogP contribution in [0.15, 0.2) is 12.4 Å². The number of hydrogen-bond donors (Lipinski definition) is 1. The zero-order chi connectivity index (χ0) is 11.1. The molecule has 1 aliphatic rings. The summed E-state index contributed by atoms with van der Waals surface area (Å²) < 4.78 is 29.7. The van der Waals surface area contributed by atoms with E-state index in [2.05, 4.69) is 4.98 Å². The van der Waals surface area contributed by atoms with E-state index < -0.39 is 9.84 Å². The lowest BCUT2D eigenvalue weighted by atomic mass is 10.2. The third-order valence-electron chi connectivity index (χ3n) is 2.63. The zero-order valence-corrected chi connectivity index (χ0v) is 9.14. The Morgan fingerprint density at radius 3 is 2.87 bits per heavy atom. The van der Waals surface area contributed by atoms with Gasteiger partial charge in [-0.05, 0) is 0 Å². The molecule has 1 aromatic heterocycles. The van der Waals surface area contributed by atoms with Crippen LogP contribution in [-0.2, 0) is 14.6 Å². The number of anilines is 1. The van der Waals surface area contributed by atoms with Crippen molar-refractivity contribution in [3.05, 3.63) is 12.4 Å². The van der Waals surface area contributed by atoms with Crippen LogP contribution in [0.2, 0.25) is 0 Å². The van der Waals surface area contributed by atoms with E-state index in [0.717, 1.165) is 0 Å². The number of nitrogens with zero attached hydrogens (tertiary/aromatic N) is 2. The summed E-state index contributed by atoms with van der Waals surface area (Å²) in [6.45, 7) is 0. The fourth-order valence-corrected chi connectivity index (χ4v) is 3.78. The fourth-order valence-electron chi connectivity index (χ4n) is 1.89. The van der Waals surface area contributed by atoms with Crippen LogP contribution in [0.3, 0.4) is 0 Å². The van der Waals surface area contributed by atoms with Gasteiger partial charge in [0.05, 0.1) is 23.7 Å². The van der Waals surface area contributed by atoms with Gasteiger partial charge < -0.3 is 15.0 Å². The first-order valence-corrected chi connectivity index (χ1v) is 6.37. The maximum absolute atomic E-state index is 11.5. The Labute approximate surface area is 88.0 Å². The van der Waals surface area contributed by atoms with Crippen molar-refractivity contribution in [2.24, 2.45) is 0 Å². The molecule has 1 aromatic rings. The van der Waals surface area contributed by atoms with Crippen LogP contribution in [0.5, 0.6) is 0 Å². The number of imidazole rings is 1. The lowest BCUT2D eigenvalue weighted by Crippen LogP contribution is -2.24.